The van der Waals surface area contributed by atoms with Crippen LogP contribution in [-0.4, -0.2) is 59.8 Å². The van der Waals surface area contributed by atoms with Gasteiger partial charge in [0.05, 0.1) is 0 Å². The molecule has 24 N–H and O–H groups in total. The Labute approximate surface area is 239 Å². The van der Waals surface area contributed by atoms with E-state index in [0.717, 1.165) is 0 Å². The van der Waals surface area contributed by atoms with Gasteiger partial charge in [-0.05, 0) is 0 Å². The molecule has 0 amide bonds. The van der Waals surface area contributed by atoms with E-state index in [9.17, 15) is 0 Å². The van der Waals surface area contributed by atoms with Crippen molar-refractivity contribution >= 4 is 71.4 Å². The fourth-order valence-corrected chi connectivity index (χ4v) is 1.71. The highest BCUT2D eigenvalue weighted by Crippen LogP contribution is 1.99. The molecular weight excluding hydrogens is 552 g/mol. The number of hydrogen-bond donors (Lipinski definition) is 12. The molecule has 0 aromatic carbocycles. The smallest absolute Gasteiger partial charge is 0.226 e. The van der Waals surface area contributed by atoms with E-state index in [0.29, 0.717) is 0 Å². The normalized spacial score (nSPS) is 8.29. The lowest BCUT2D eigenvalue weighted by molar-refractivity contribution is 1.09. The second-order valence-electron chi connectivity index (χ2n) is 5.64. The number of nitrogens with zero attached hydrogens (tertiary/aromatic N) is 12. The lowest BCUT2D eigenvalue weighted by Crippen LogP contribution is -2.05. The predicted octanol–water partition coefficient (Wildman–Crippen LogP) is -3.12. The Morgan fingerprint density at radius 1 is 0.190 bits per heavy atom. The Morgan fingerprint density at radius 2 is 0.238 bits per heavy atom. The Hall–Kier alpha value is -7.14. The third-order valence-corrected chi connectivity index (χ3v) is 2.75. The molecule has 0 atom stereocenters. The maximum Gasteiger partial charge on any atom is 0.226 e. The second kappa shape index (κ2) is 21.9. The molecule has 4 rings (SSSR count). The summed E-state index contributed by atoms with van der Waals surface area (Å²) in [5.74, 6) is 0.500. The summed E-state index contributed by atoms with van der Waals surface area (Å²) in [6, 6.07) is 0. The minimum absolute atomic E-state index is 0.0417. The van der Waals surface area contributed by atoms with E-state index in [1.165, 1.54) is 0 Å². The van der Waals surface area contributed by atoms with Crippen molar-refractivity contribution in [2.75, 3.05) is 68.8 Å². The van der Waals surface area contributed by atoms with Crippen molar-refractivity contribution in [3.8, 4) is 0 Å². The zero-order chi connectivity index (χ0) is 33.4. The Balaban J connectivity index is -0.000000455. The lowest BCUT2D eigenvalue weighted by atomic mass is 10.9. The van der Waals surface area contributed by atoms with E-state index in [-0.39, 0.29) is 71.4 Å². The Bertz CT molecular complexity index is 926. The van der Waals surface area contributed by atoms with Crippen LogP contribution < -0.4 is 68.8 Å². The standard InChI is InChI=1S/4C3H6N6.3C2H4/c4*4-1-7-2(5)9-3(6)8-1;3*1-2/h4*(H6,4,5,6,7,8,9);3*1-2H2. The molecule has 0 aliphatic heterocycles. The van der Waals surface area contributed by atoms with E-state index in [2.05, 4.69) is 99.3 Å². The molecule has 0 radical (unpaired) electrons. The molecule has 0 saturated carbocycles. The number of hydrogen-bond acceptors (Lipinski definition) is 24. The van der Waals surface area contributed by atoms with Crippen molar-refractivity contribution in [3.05, 3.63) is 39.5 Å². The van der Waals surface area contributed by atoms with Crippen LogP contribution in [0, 0.1) is 0 Å². The van der Waals surface area contributed by atoms with Crippen LogP contribution in [0.4, 0.5) is 71.4 Å². The Kier molecular flexibility index (Phi) is 20.5. The van der Waals surface area contributed by atoms with Crippen molar-refractivity contribution in [2.24, 2.45) is 0 Å². The molecule has 0 bridgehead atoms. The number of anilines is 12. The van der Waals surface area contributed by atoms with Crippen LogP contribution in [0.25, 0.3) is 0 Å². The molecule has 0 unspecified atom stereocenters. The van der Waals surface area contributed by atoms with Crippen molar-refractivity contribution in [3.63, 3.8) is 0 Å². The van der Waals surface area contributed by atoms with Gasteiger partial charge < -0.3 is 68.8 Å². The van der Waals surface area contributed by atoms with Crippen LogP contribution in [0.3, 0.4) is 0 Å². The SMILES string of the molecule is C=C.C=C.C=C.Nc1nc(N)nc(N)n1.Nc1nc(N)nc(N)n1.Nc1nc(N)nc(N)n1.Nc1nc(N)nc(N)n1. The van der Waals surface area contributed by atoms with Gasteiger partial charge in [-0.25, -0.2) is 0 Å². The van der Waals surface area contributed by atoms with Gasteiger partial charge in [0, 0.05) is 0 Å². The minimum atomic E-state index is 0.0417. The molecular formula is C18H36N24. The zero-order valence-corrected chi connectivity index (χ0v) is 22.5. The fraction of sp³-hybridized carbons (Fsp3) is 0. The summed E-state index contributed by atoms with van der Waals surface area (Å²) in [5.41, 5.74) is 61.6. The quantitative estimate of drug-likeness (QED) is 0.0903. The van der Waals surface area contributed by atoms with Crippen LogP contribution >= 0.6 is 0 Å². The van der Waals surface area contributed by atoms with Gasteiger partial charge >= 0.3 is 0 Å². The van der Waals surface area contributed by atoms with Gasteiger partial charge in [0.2, 0.25) is 71.4 Å². The summed E-state index contributed by atoms with van der Waals surface area (Å²) in [6.45, 7) is 18.0. The molecule has 0 aliphatic rings. The summed E-state index contributed by atoms with van der Waals surface area (Å²) in [7, 11) is 0. The van der Waals surface area contributed by atoms with Gasteiger partial charge in [-0.2, -0.15) is 59.8 Å². The third kappa shape index (κ3) is 20.0. The third-order valence-electron chi connectivity index (χ3n) is 2.75. The summed E-state index contributed by atoms with van der Waals surface area (Å²) in [6.07, 6.45) is 0. The van der Waals surface area contributed by atoms with Crippen molar-refractivity contribution in [1.82, 2.24) is 59.8 Å². The number of rotatable bonds is 0. The molecule has 0 aliphatic carbocycles. The highest BCUT2D eigenvalue weighted by molar-refractivity contribution is 5.35. The van der Waals surface area contributed by atoms with Crippen LogP contribution in [-0.2, 0) is 0 Å². The first-order valence-electron chi connectivity index (χ1n) is 10.3. The summed E-state index contributed by atoms with van der Waals surface area (Å²) in [5, 5.41) is 0. The van der Waals surface area contributed by atoms with E-state index in [1.54, 1.807) is 0 Å². The van der Waals surface area contributed by atoms with Gasteiger partial charge in [0.1, 0.15) is 0 Å². The molecule has 24 nitrogen and oxygen atoms in total. The zero-order valence-electron chi connectivity index (χ0n) is 22.5. The topological polar surface area (TPSA) is 467 Å². The monoisotopic (exact) mass is 588 g/mol. The molecule has 228 valence electrons. The van der Waals surface area contributed by atoms with Gasteiger partial charge in [-0.1, -0.05) is 0 Å². The Morgan fingerprint density at radius 3 is 0.286 bits per heavy atom. The van der Waals surface area contributed by atoms with Crippen LogP contribution in [0.2, 0.25) is 0 Å². The molecule has 0 fully saturated rings. The van der Waals surface area contributed by atoms with Gasteiger partial charge in [-0.15, -0.1) is 39.5 Å². The summed E-state index contributed by atoms with van der Waals surface area (Å²) < 4.78 is 0. The highest BCUT2D eigenvalue weighted by atomic mass is 15.2. The summed E-state index contributed by atoms with van der Waals surface area (Å²) >= 11 is 0. The molecule has 4 aromatic heterocycles. The molecule has 4 aromatic rings. The van der Waals surface area contributed by atoms with Gasteiger partial charge in [0.15, 0.2) is 0 Å². The average Bonchev–Trinajstić information content (AvgIpc) is 2.85. The van der Waals surface area contributed by atoms with Crippen molar-refractivity contribution in [1.29, 1.82) is 0 Å². The molecule has 24 heteroatoms. The van der Waals surface area contributed by atoms with Crippen LogP contribution in [0.1, 0.15) is 0 Å². The van der Waals surface area contributed by atoms with Crippen LogP contribution in [0.5, 0.6) is 0 Å². The average molecular weight is 589 g/mol. The van der Waals surface area contributed by atoms with E-state index >= 15 is 0 Å². The minimum Gasteiger partial charge on any atom is -0.368 e. The van der Waals surface area contributed by atoms with E-state index in [1.807, 2.05) is 0 Å². The van der Waals surface area contributed by atoms with Gasteiger partial charge in [0.25, 0.3) is 0 Å². The first-order chi connectivity index (χ1) is 19.7. The molecule has 0 spiro atoms. The first kappa shape index (κ1) is 39.4. The maximum atomic E-state index is 5.14. The van der Waals surface area contributed by atoms with E-state index < -0.39 is 0 Å². The second-order valence-corrected chi connectivity index (χ2v) is 5.64. The highest BCUT2D eigenvalue weighted by Gasteiger charge is 1.96. The number of nitrogens with two attached hydrogens (primary N) is 12. The van der Waals surface area contributed by atoms with E-state index in [4.69, 9.17) is 68.8 Å². The fourth-order valence-electron chi connectivity index (χ4n) is 1.71. The van der Waals surface area contributed by atoms with Crippen LogP contribution in [0.15, 0.2) is 39.5 Å². The van der Waals surface area contributed by atoms with Crippen molar-refractivity contribution < 1.29 is 0 Å². The molecule has 42 heavy (non-hydrogen) atoms. The van der Waals surface area contributed by atoms with Crippen molar-refractivity contribution in [2.45, 2.75) is 0 Å². The largest absolute Gasteiger partial charge is 0.368 e. The first-order valence-corrected chi connectivity index (χ1v) is 10.3. The van der Waals surface area contributed by atoms with Gasteiger partial charge in [-0.3, -0.25) is 0 Å². The predicted molar refractivity (Wildman–Crippen MR) is 166 cm³/mol. The number of nitrogen functional groups attached to an aromatic ring is 12. The maximum absolute atomic E-state index is 5.14. The molecule has 0 saturated heterocycles. The lowest BCUT2D eigenvalue weighted by Gasteiger charge is -1.93. The molecule has 4 heterocycles. The summed E-state index contributed by atoms with van der Waals surface area (Å²) in [4.78, 5) is 41.9. The number of aromatic nitrogens is 12.